The van der Waals surface area contributed by atoms with Gasteiger partial charge in [0.05, 0.1) is 6.61 Å². The number of hydrogen-bond donors (Lipinski definition) is 0. The molecule has 0 N–H and O–H groups in total. The first-order valence-corrected chi connectivity index (χ1v) is 3.99. The highest BCUT2D eigenvalue weighted by Gasteiger charge is 2.59. The Balaban J connectivity index is 1.67. The summed E-state index contributed by atoms with van der Waals surface area (Å²) in [6, 6.07) is 0. The van der Waals surface area contributed by atoms with Gasteiger partial charge in [0.25, 0.3) is 0 Å². The van der Waals surface area contributed by atoms with Crippen LogP contribution in [-0.2, 0) is 14.2 Å². The lowest BCUT2D eigenvalue weighted by molar-refractivity contribution is -0.211. The van der Waals surface area contributed by atoms with Crippen LogP contribution in [-0.4, -0.2) is 25.3 Å². The third kappa shape index (κ3) is 1.55. The summed E-state index contributed by atoms with van der Waals surface area (Å²) in [4.78, 5) is 0. The third-order valence-electron chi connectivity index (χ3n) is 1.70. The van der Waals surface area contributed by atoms with Crippen LogP contribution in [0.25, 0.3) is 0 Å². The van der Waals surface area contributed by atoms with Gasteiger partial charge in [0, 0.05) is 0 Å². The van der Waals surface area contributed by atoms with Crippen molar-refractivity contribution in [1.29, 1.82) is 0 Å². The summed E-state index contributed by atoms with van der Waals surface area (Å²) in [5.74, 6) is 0. The Bertz CT molecular complexity index is 161. The molecule has 2 aliphatic heterocycles. The van der Waals surface area contributed by atoms with E-state index in [0.29, 0.717) is 0 Å². The van der Waals surface area contributed by atoms with Gasteiger partial charge >= 0.3 is 0 Å². The fourth-order valence-electron chi connectivity index (χ4n) is 0.998. The average molecular weight is 158 g/mol. The Kier molecular flexibility index (Phi) is 1.50. The predicted molar refractivity (Wildman–Crippen MR) is 38.9 cm³/mol. The lowest BCUT2D eigenvalue weighted by Crippen LogP contribution is -2.37. The van der Waals surface area contributed by atoms with Crippen LogP contribution < -0.4 is 0 Å². The molecule has 2 heterocycles. The zero-order valence-corrected chi connectivity index (χ0v) is 7.16. The number of fused-ring (bicyclic) bond motifs is 1. The number of ether oxygens (including phenoxy) is 3. The summed E-state index contributed by atoms with van der Waals surface area (Å²) in [7, 11) is 0. The van der Waals surface area contributed by atoms with Crippen molar-refractivity contribution in [2.24, 2.45) is 5.41 Å². The molecule has 2 saturated heterocycles. The maximum Gasteiger partial charge on any atom is 0.192 e. The molecule has 2 fully saturated rings. The number of rotatable bonds is 2. The lowest BCUT2D eigenvalue weighted by atomic mass is 9.99. The second-order valence-electron chi connectivity index (χ2n) is 4.35. The Labute approximate surface area is 66.6 Å². The fraction of sp³-hybridized carbons (Fsp3) is 1.00. The number of hydrogen-bond acceptors (Lipinski definition) is 3. The van der Waals surface area contributed by atoms with E-state index in [-0.39, 0.29) is 24.1 Å². The Morgan fingerprint density at radius 2 is 2.00 bits per heavy atom. The lowest BCUT2D eigenvalue weighted by Gasteiger charge is -2.26. The minimum atomic E-state index is -0.0841. The summed E-state index contributed by atoms with van der Waals surface area (Å²) in [6.45, 7) is 7.13. The molecule has 0 aliphatic carbocycles. The topological polar surface area (TPSA) is 31.0 Å². The van der Waals surface area contributed by atoms with Crippen molar-refractivity contribution >= 4 is 0 Å². The van der Waals surface area contributed by atoms with E-state index in [0.717, 1.165) is 6.61 Å². The van der Waals surface area contributed by atoms with E-state index in [1.54, 1.807) is 0 Å². The van der Waals surface area contributed by atoms with Crippen molar-refractivity contribution in [2.45, 2.75) is 39.5 Å². The molecule has 3 atom stereocenters. The smallest absolute Gasteiger partial charge is 0.192 e. The molecule has 0 spiro atoms. The SMILES string of the molecule is CC(C)(C)COC1OC2OC12. The van der Waals surface area contributed by atoms with E-state index >= 15 is 0 Å². The summed E-state index contributed by atoms with van der Waals surface area (Å²) < 4.78 is 15.7. The van der Waals surface area contributed by atoms with Crippen LogP contribution in [0.1, 0.15) is 20.8 Å². The minimum Gasteiger partial charge on any atom is -0.349 e. The molecule has 0 aromatic heterocycles. The van der Waals surface area contributed by atoms with Gasteiger partial charge in [-0.3, -0.25) is 0 Å². The van der Waals surface area contributed by atoms with Crippen LogP contribution in [0.4, 0.5) is 0 Å². The van der Waals surface area contributed by atoms with Gasteiger partial charge < -0.3 is 14.2 Å². The zero-order valence-electron chi connectivity index (χ0n) is 7.16. The van der Waals surface area contributed by atoms with Gasteiger partial charge in [0.2, 0.25) is 0 Å². The molecule has 0 amide bonds. The maximum absolute atomic E-state index is 5.45. The fourth-order valence-corrected chi connectivity index (χ4v) is 0.998. The van der Waals surface area contributed by atoms with Crippen LogP contribution in [0.15, 0.2) is 0 Å². The largest absolute Gasteiger partial charge is 0.349 e. The van der Waals surface area contributed by atoms with Crippen molar-refractivity contribution in [2.75, 3.05) is 6.61 Å². The quantitative estimate of drug-likeness (QED) is 0.564. The van der Waals surface area contributed by atoms with E-state index in [4.69, 9.17) is 14.2 Å². The molecule has 0 radical (unpaired) electrons. The van der Waals surface area contributed by atoms with Crippen molar-refractivity contribution in [3.63, 3.8) is 0 Å². The van der Waals surface area contributed by atoms with Crippen LogP contribution in [0, 0.1) is 5.41 Å². The van der Waals surface area contributed by atoms with Gasteiger partial charge in [-0.05, 0) is 5.41 Å². The standard InChI is InChI=1S/C8H14O3/c1-8(2,3)4-9-6-5-7(10-5)11-6/h5-7H,4H2,1-3H3. The molecule has 11 heavy (non-hydrogen) atoms. The molecule has 0 aromatic carbocycles. The third-order valence-corrected chi connectivity index (χ3v) is 1.70. The Morgan fingerprint density at radius 1 is 1.27 bits per heavy atom. The van der Waals surface area contributed by atoms with Crippen molar-refractivity contribution in [1.82, 2.24) is 0 Å². The van der Waals surface area contributed by atoms with Gasteiger partial charge in [-0.15, -0.1) is 0 Å². The van der Waals surface area contributed by atoms with Crippen molar-refractivity contribution in [3.05, 3.63) is 0 Å². The van der Waals surface area contributed by atoms with Crippen LogP contribution in [0.5, 0.6) is 0 Å². The van der Waals surface area contributed by atoms with E-state index in [1.165, 1.54) is 0 Å². The maximum atomic E-state index is 5.45. The number of epoxide rings is 1. The molecule has 0 saturated carbocycles. The highest BCUT2D eigenvalue weighted by Crippen LogP contribution is 2.40. The minimum absolute atomic E-state index is 0.0694. The van der Waals surface area contributed by atoms with Gasteiger partial charge in [0.15, 0.2) is 18.7 Å². The average Bonchev–Trinajstić information content (AvgIpc) is 2.39. The van der Waals surface area contributed by atoms with Gasteiger partial charge in [-0.2, -0.15) is 0 Å². The van der Waals surface area contributed by atoms with E-state index in [1.807, 2.05) is 0 Å². The zero-order chi connectivity index (χ0) is 8.06. The monoisotopic (exact) mass is 158 g/mol. The summed E-state index contributed by atoms with van der Waals surface area (Å²) in [6.07, 6.45) is 0.233. The van der Waals surface area contributed by atoms with E-state index in [9.17, 15) is 0 Å². The van der Waals surface area contributed by atoms with E-state index in [2.05, 4.69) is 20.8 Å². The van der Waals surface area contributed by atoms with Crippen molar-refractivity contribution < 1.29 is 14.2 Å². The first-order chi connectivity index (χ1) is 5.06. The molecular formula is C8H14O3. The van der Waals surface area contributed by atoms with Crippen LogP contribution in [0.3, 0.4) is 0 Å². The molecule has 2 aliphatic rings. The van der Waals surface area contributed by atoms with Crippen molar-refractivity contribution in [3.8, 4) is 0 Å². The molecule has 0 bridgehead atoms. The molecule has 3 unspecified atom stereocenters. The second-order valence-corrected chi connectivity index (χ2v) is 4.35. The first kappa shape index (κ1) is 7.53. The highest BCUT2D eigenvalue weighted by molar-refractivity contribution is 4.90. The predicted octanol–water partition coefficient (Wildman–Crippen LogP) is 1.13. The summed E-state index contributed by atoms with van der Waals surface area (Å²) >= 11 is 0. The van der Waals surface area contributed by atoms with E-state index < -0.39 is 0 Å². The molecule has 3 heteroatoms. The summed E-state index contributed by atoms with van der Waals surface area (Å²) in [5.41, 5.74) is 0.212. The summed E-state index contributed by atoms with van der Waals surface area (Å²) in [5, 5.41) is 0. The van der Waals surface area contributed by atoms with Crippen LogP contribution >= 0.6 is 0 Å². The Morgan fingerprint density at radius 3 is 2.36 bits per heavy atom. The molecule has 0 aromatic rings. The van der Waals surface area contributed by atoms with Crippen LogP contribution in [0.2, 0.25) is 0 Å². The van der Waals surface area contributed by atoms with Gasteiger partial charge in [0.1, 0.15) is 0 Å². The van der Waals surface area contributed by atoms with Gasteiger partial charge in [-0.25, -0.2) is 0 Å². The Hall–Kier alpha value is -0.120. The molecule has 64 valence electrons. The normalized spacial score (nSPS) is 41.2. The highest BCUT2D eigenvalue weighted by atomic mass is 16.9. The first-order valence-electron chi connectivity index (χ1n) is 3.99. The molecule has 3 nitrogen and oxygen atoms in total. The molecule has 2 rings (SSSR count). The van der Waals surface area contributed by atoms with Gasteiger partial charge in [-0.1, -0.05) is 20.8 Å². The second kappa shape index (κ2) is 2.19. The molecular weight excluding hydrogens is 144 g/mol.